The van der Waals surface area contributed by atoms with E-state index in [1.165, 1.54) is 0 Å². The van der Waals surface area contributed by atoms with Crippen LogP contribution in [0.4, 0.5) is 0 Å². The molecule has 0 aliphatic heterocycles. The summed E-state index contributed by atoms with van der Waals surface area (Å²) < 4.78 is 30.3. The number of hydrogen-bond acceptors (Lipinski definition) is 4. The van der Waals surface area contributed by atoms with Crippen LogP contribution in [0.5, 0.6) is 0 Å². The molecule has 1 unspecified atom stereocenters. The van der Waals surface area contributed by atoms with Crippen LogP contribution in [-0.2, 0) is 14.6 Å². The van der Waals surface area contributed by atoms with Gasteiger partial charge in [-0.1, -0.05) is 15.9 Å². The van der Waals surface area contributed by atoms with Gasteiger partial charge in [0.1, 0.15) is 0 Å². The van der Waals surface area contributed by atoms with Crippen molar-refractivity contribution in [2.24, 2.45) is 4.99 Å². The van der Waals surface area contributed by atoms with Gasteiger partial charge >= 0.3 is 0 Å². The van der Waals surface area contributed by atoms with Crippen molar-refractivity contribution in [3.8, 4) is 0 Å². The number of ether oxygens (including phenoxy) is 1. The molecule has 1 rings (SSSR count). The van der Waals surface area contributed by atoms with E-state index in [1.54, 1.807) is 38.4 Å². The van der Waals surface area contributed by atoms with Crippen LogP contribution in [0.1, 0.15) is 6.92 Å². The summed E-state index contributed by atoms with van der Waals surface area (Å²) in [5, 5.41) is 6.10. The Bertz CT molecular complexity index is 594. The van der Waals surface area contributed by atoms with E-state index in [1.807, 2.05) is 6.92 Å². The van der Waals surface area contributed by atoms with Gasteiger partial charge in [-0.05, 0) is 31.2 Å². The Morgan fingerprint density at radius 3 is 2.48 bits per heavy atom. The second-order valence-electron chi connectivity index (χ2n) is 4.77. The van der Waals surface area contributed by atoms with Crippen LogP contribution in [0, 0.1) is 0 Å². The van der Waals surface area contributed by atoms with E-state index in [0.717, 1.165) is 4.47 Å². The molecule has 0 bridgehead atoms. The SMILES string of the molecule is CN=C(NCCS(=O)(=O)c1ccc(Br)cc1)NC(C)COC.I. The third-order valence-corrected chi connectivity index (χ3v) is 5.12. The van der Waals surface area contributed by atoms with Gasteiger partial charge in [-0.2, -0.15) is 0 Å². The van der Waals surface area contributed by atoms with Crippen molar-refractivity contribution in [3.63, 3.8) is 0 Å². The molecule has 0 saturated carbocycles. The van der Waals surface area contributed by atoms with Crippen molar-refractivity contribution in [1.82, 2.24) is 10.6 Å². The molecule has 1 aromatic carbocycles. The number of aliphatic imine (C=N–C) groups is 1. The molecule has 1 aromatic rings. The van der Waals surface area contributed by atoms with E-state index in [9.17, 15) is 8.42 Å². The summed E-state index contributed by atoms with van der Waals surface area (Å²) in [5.74, 6) is 0.545. The van der Waals surface area contributed by atoms with Gasteiger partial charge in [-0.15, -0.1) is 24.0 Å². The molecule has 0 aliphatic carbocycles. The zero-order valence-corrected chi connectivity index (χ0v) is 18.1. The number of hydrogen-bond donors (Lipinski definition) is 2. The van der Waals surface area contributed by atoms with Crippen molar-refractivity contribution in [1.29, 1.82) is 0 Å². The van der Waals surface area contributed by atoms with Crippen LogP contribution < -0.4 is 10.6 Å². The number of benzene rings is 1. The zero-order chi connectivity index (χ0) is 16.6. The molecular formula is C14H23BrIN3O3S. The van der Waals surface area contributed by atoms with Crippen LogP contribution in [0.25, 0.3) is 0 Å². The normalized spacial score (nSPS) is 13.1. The van der Waals surface area contributed by atoms with Crippen molar-refractivity contribution >= 4 is 55.7 Å². The third-order valence-electron chi connectivity index (χ3n) is 2.86. The van der Waals surface area contributed by atoms with Gasteiger partial charge < -0.3 is 15.4 Å². The molecule has 0 spiro atoms. The minimum absolute atomic E-state index is 0. The Balaban J connectivity index is 0.00000484. The van der Waals surface area contributed by atoms with Crippen LogP contribution in [0.2, 0.25) is 0 Å². The van der Waals surface area contributed by atoms with Gasteiger partial charge in [-0.25, -0.2) is 8.42 Å². The lowest BCUT2D eigenvalue weighted by Gasteiger charge is -2.17. The Morgan fingerprint density at radius 2 is 1.96 bits per heavy atom. The molecular weight excluding hydrogens is 497 g/mol. The summed E-state index contributed by atoms with van der Waals surface area (Å²) in [6.45, 7) is 2.77. The maximum Gasteiger partial charge on any atom is 0.191 e. The third kappa shape index (κ3) is 8.32. The van der Waals surface area contributed by atoms with E-state index in [-0.39, 0.29) is 42.3 Å². The molecule has 0 aliphatic rings. The maximum atomic E-state index is 12.2. The molecule has 0 radical (unpaired) electrons. The lowest BCUT2D eigenvalue weighted by atomic mass is 10.4. The molecule has 0 aromatic heterocycles. The molecule has 9 heteroatoms. The quantitative estimate of drug-likeness (QED) is 0.327. The number of methoxy groups -OCH3 is 1. The average Bonchev–Trinajstić information content (AvgIpc) is 2.46. The number of rotatable bonds is 7. The first-order valence-corrected chi connectivity index (χ1v) is 9.28. The van der Waals surface area contributed by atoms with Crippen LogP contribution >= 0.6 is 39.9 Å². The van der Waals surface area contributed by atoms with Crippen molar-refractivity contribution < 1.29 is 13.2 Å². The summed E-state index contributed by atoms with van der Waals surface area (Å²) in [7, 11) is -0.0493. The fourth-order valence-electron chi connectivity index (χ4n) is 1.78. The second kappa shape index (κ2) is 11.2. The van der Waals surface area contributed by atoms with Gasteiger partial charge in [0.15, 0.2) is 15.8 Å². The minimum Gasteiger partial charge on any atom is -0.383 e. The first-order valence-electron chi connectivity index (χ1n) is 6.83. The highest BCUT2D eigenvalue weighted by Crippen LogP contribution is 2.15. The Labute approximate surface area is 163 Å². The molecule has 23 heavy (non-hydrogen) atoms. The summed E-state index contributed by atoms with van der Waals surface area (Å²) >= 11 is 3.29. The summed E-state index contributed by atoms with van der Waals surface area (Å²) in [5.41, 5.74) is 0. The smallest absolute Gasteiger partial charge is 0.191 e. The fraction of sp³-hybridized carbons (Fsp3) is 0.500. The lowest BCUT2D eigenvalue weighted by Crippen LogP contribution is -2.45. The summed E-state index contributed by atoms with van der Waals surface area (Å²) in [4.78, 5) is 4.37. The molecule has 0 saturated heterocycles. The van der Waals surface area contributed by atoms with Crippen LogP contribution in [0.15, 0.2) is 38.6 Å². The standard InChI is InChI=1S/C14H22BrN3O3S.HI/c1-11(10-21-3)18-14(16-2)17-8-9-22(19,20)13-6-4-12(15)5-7-13;/h4-7,11H,8-10H2,1-3H3,(H2,16,17,18);1H. The molecule has 1 atom stereocenters. The molecule has 2 N–H and O–H groups in total. The van der Waals surface area contributed by atoms with E-state index in [0.29, 0.717) is 17.5 Å². The fourth-order valence-corrected chi connectivity index (χ4v) is 3.20. The van der Waals surface area contributed by atoms with E-state index >= 15 is 0 Å². The van der Waals surface area contributed by atoms with Gasteiger partial charge in [0, 0.05) is 31.2 Å². The number of sulfone groups is 1. The highest BCUT2D eigenvalue weighted by Gasteiger charge is 2.14. The maximum absolute atomic E-state index is 12.2. The van der Waals surface area contributed by atoms with Crippen molar-refractivity contribution in [2.45, 2.75) is 17.9 Å². The average molecular weight is 520 g/mol. The van der Waals surface area contributed by atoms with Gasteiger partial charge in [0.05, 0.1) is 17.3 Å². The predicted octanol–water partition coefficient (Wildman–Crippen LogP) is 2.04. The number of guanidine groups is 1. The minimum atomic E-state index is -3.31. The number of nitrogens with zero attached hydrogens (tertiary/aromatic N) is 1. The Hall–Kier alpha value is -0.390. The van der Waals surface area contributed by atoms with E-state index < -0.39 is 9.84 Å². The Kier molecular flexibility index (Phi) is 11.0. The largest absolute Gasteiger partial charge is 0.383 e. The van der Waals surface area contributed by atoms with Crippen LogP contribution in [0.3, 0.4) is 0 Å². The van der Waals surface area contributed by atoms with E-state index in [2.05, 4.69) is 31.6 Å². The number of nitrogens with one attached hydrogen (secondary N) is 2. The predicted molar refractivity (Wildman–Crippen MR) is 107 cm³/mol. The molecule has 132 valence electrons. The molecule has 6 nitrogen and oxygen atoms in total. The van der Waals surface area contributed by atoms with Crippen molar-refractivity contribution in [3.05, 3.63) is 28.7 Å². The van der Waals surface area contributed by atoms with Gasteiger partial charge in [0.25, 0.3) is 0 Å². The van der Waals surface area contributed by atoms with Crippen molar-refractivity contribution in [2.75, 3.05) is 33.1 Å². The second-order valence-corrected chi connectivity index (χ2v) is 7.80. The first-order chi connectivity index (χ1) is 10.4. The Morgan fingerprint density at radius 1 is 1.35 bits per heavy atom. The summed E-state index contributed by atoms with van der Waals surface area (Å²) in [6.07, 6.45) is 0. The summed E-state index contributed by atoms with van der Waals surface area (Å²) in [6, 6.07) is 6.69. The monoisotopic (exact) mass is 519 g/mol. The van der Waals surface area contributed by atoms with Crippen LogP contribution in [-0.4, -0.2) is 53.5 Å². The molecule has 0 fully saturated rings. The van der Waals surface area contributed by atoms with Gasteiger partial charge in [0.2, 0.25) is 0 Å². The highest BCUT2D eigenvalue weighted by atomic mass is 127. The van der Waals surface area contributed by atoms with Gasteiger partial charge in [-0.3, -0.25) is 4.99 Å². The topological polar surface area (TPSA) is 79.8 Å². The number of halogens is 2. The zero-order valence-electron chi connectivity index (χ0n) is 13.4. The highest BCUT2D eigenvalue weighted by molar-refractivity contribution is 14.0. The first kappa shape index (κ1) is 22.6. The van der Waals surface area contributed by atoms with E-state index in [4.69, 9.17) is 4.74 Å². The molecule has 0 amide bonds. The molecule has 0 heterocycles. The lowest BCUT2D eigenvalue weighted by molar-refractivity contribution is 0.179.